The number of nitrogens with zero attached hydrogens (tertiary/aromatic N) is 2. The summed E-state index contributed by atoms with van der Waals surface area (Å²) in [4.78, 5) is 22.4. The average molecular weight is 454 g/mol. The van der Waals surface area contributed by atoms with E-state index in [0.29, 0.717) is 41.6 Å². The molecule has 1 saturated carbocycles. The van der Waals surface area contributed by atoms with Gasteiger partial charge in [-0.15, -0.1) is 0 Å². The van der Waals surface area contributed by atoms with E-state index in [-0.39, 0.29) is 11.0 Å². The number of carbonyl (C=O) groups is 1. The Morgan fingerprint density at radius 2 is 1.88 bits per heavy atom. The van der Waals surface area contributed by atoms with Crippen LogP contribution >= 0.6 is 0 Å². The number of rotatable bonds is 7. The minimum atomic E-state index is -4.11. The third-order valence-corrected chi connectivity index (χ3v) is 7.02. The maximum Gasteiger partial charge on any atom is 0.264 e. The molecule has 4 rings (SSSR count). The molecule has 7 nitrogen and oxygen atoms in total. The Kier molecular flexibility index (Phi) is 5.67. The van der Waals surface area contributed by atoms with Crippen molar-refractivity contribution in [2.75, 3.05) is 0 Å². The third kappa shape index (κ3) is 4.07. The second-order valence-electron chi connectivity index (χ2n) is 8.46. The molecule has 1 aromatic carbocycles. The van der Waals surface area contributed by atoms with Gasteiger partial charge in [0.25, 0.3) is 10.0 Å². The molecule has 168 valence electrons. The van der Waals surface area contributed by atoms with Crippen molar-refractivity contribution >= 4 is 26.8 Å². The van der Waals surface area contributed by atoms with Crippen LogP contribution in [0.4, 0.5) is 0 Å². The topological polar surface area (TPSA) is 98.2 Å². The number of pyridine rings is 2. The Morgan fingerprint density at radius 1 is 1.12 bits per heavy atom. The van der Waals surface area contributed by atoms with Crippen LogP contribution in [0.3, 0.4) is 0 Å². The monoisotopic (exact) mass is 453 g/mol. The number of fused-ring (bicyclic) bond motifs is 1. The van der Waals surface area contributed by atoms with Gasteiger partial charge in [0.1, 0.15) is 5.75 Å². The van der Waals surface area contributed by atoms with E-state index in [2.05, 4.69) is 14.7 Å². The molecule has 2 heterocycles. The number of benzene rings is 1. The molecule has 3 aromatic rings. The van der Waals surface area contributed by atoms with Crippen molar-refractivity contribution in [2.45, 2.75) is 63.4 Å². The van der Waals surface area contributed by atoms with E-state index < -0.39 is 21.3 Å². The molecular formula is C24H27N3O4S. The molecule has 1 aliphatic carbocycles. The van der Waals surface area contributed by atoms with Gasteiger partial charge in [-0.3, -0.25) is 14.8 Å². The highest BCUT2D eigenvalue weighted by molar-refractivity contribution is 7.90. The Bertz CT molecular complexity index is 1300. The van der Waals surface area contributed by atoms with Crippen LogP contribution < -0.4 is 9.46 Å². The lowest BCUT2D eigenvalue weighted by molar-refractivity contribution is -0.121. The minimum absolute atomic E-state index is 0.0283. The number of aromatic nitrogens is 2. The van der Waals surface area contributed by atoms with E-state index in [9.17, 15) is 13.2 Å². The van der Waals surface area contributed by atoms with Gasteiger partial charge in [0, 0.05) is 16.8 Å². The molecule has 1 fully saturated rings. The molecule has 1 aliphatic rings. The molecule has 0 radical (unpaired) electrons. The van der Waals surface area contributed by atoms with E-state index in [1.54, 1.807) is 24.3 Å². The maximum absolute atomic E-state index is 13.3. The van der Waals surface area contributed by atoms with Crippen LogP contribution in [0, 0.1) is 6.92 Å². The van der Waals surface area contributed by atoms with Gasteiger partial charge in [-0.25, -0.2) is 13.1 Å². The largest absolute Gasteiger partial charge is 0.489 e. The highest BCUT2D eigenvalue weighted by atomic mass is 32.2. The normalized spacial score (nSPS) is 15.0. The second-order valence-corrected chi connectivity index (χ2v) is 10.1. The summed E-state index contributed by atoms with van der Waals surface area (Å²) in [5, 5.41) is 0.471. The first-order chi connectivity index (χ1) is 15.2. The SMILES string of the molecule is CCc1ccc(OC(C)C)c(C2(C(=O)NS(=O)(=O)c3cccc4nc(C)ccc34)CC2)n1. The molecule has 1 N–H and O–H groups in total. The number of aryl methyl sites for hydroxylation is 2. The summed E-state index contributed by atoms with van der Waals surface area (Å²) in [5.74, 6) is -0.0592. The number of hydrogen-bond acceptors (Lipinski definition) is 6. The number of carbonyl (C=O) groups excluding carboxylic acids is 1. The van der Waals surface area contributed by atoms with Crippen LogP contribution in [0.5, 0.6) is 5.75 Å². The molecule has 0 atom stereocenters. The average Bonchev–Trinajstić information content (AvgIpc) is 3.54. The van der Waals surface area contributed by atoms with E-state index in [0.717, 1.165) is 11.4 Å². The summed E-state index contributed by atoms with van der Waals surface area (Å²) >= 11 is 0. The number of amides is 1. The lowest BCUT2D eigenvalue weighted by Crippen LogP contribution is -2.39. The van der Waals surface area contributed by atoms with Crippen molar-refractivity contribution in [1.82, 2.24) is 14.7 Å². The molecule has 0 saturated heterocycles. The fraction of sp³-hybridized carbons (Fsp3) is 0.375. The van der Waals surface area contributed by atoms with Crippen LogP contribution in [0.2, 0.25) is 0 Å². The van der Waals surface area contributed by atoms with E-state index in [4.69, 9.17) is 4.74 Å². The number of nitrogens with one attached hydrogen (secondary N) is 1. The van der Waals surface area contributed by atoms with Gasteiger partial charge in [-0.2, -0.15) is 0 Å². The van der Waals surface area contributed by atoms with Crippen LogP contribution in [-0.4, -0.2) is 30.4 Å². The van der Waals surface area contributed by atoms with E-state index in [1.807, 2.05) is 39.8 Å². The summed E-state index contributed by atoms with van der Waals surface area (Å²) in [6.07, 6.45) is 1.63. The van der Waals surface area contributed by atoms with Crippen molar-refractivity contribution < 1.29 is 17.9 Å². The lowest BCUT2D eigenvalue weighted by Gasteiger charge is -2.21. The van der Waals surface area contributed by atoms with Crippen molar-refractivity contribution in [2.24, 2.45) is 0 Å². The molecule has 0 spiro atoms. The molecule has 0 unspecified atom stereocenters. The summed E-state index contributed by atoms with van der Waals surface area (Å²) < 4.78 is 34.7. The summed E-state index contributed by atoms with van der Waals surface area (Å²) in [5.41, 5.74) is 1.67. The molecule has 0 aliphatic heterocycles. The fourth-order valence-corrected chi connectivity index (χ4v) is 5.08. The maximum atomic E-state index is 13.3. The van der Waals surface area contributed by atoms with Gasteiger partial charge in [0.05, 0.1) is 27.6 Å². The summed E-state index contributed by atoms with van der Waals surface area (Å²) in [7, 11) is -4.11. The smallest absolute Gasteiger partial charge is 0.264 e. The first-order valence-corrected chi connectivity index (χ1v) is 12.3. The van der Waals surface area contributed by atoms with Gasteiger partial charge >= 0.3 is 0 Å². The highest BCUT2D eigenvalue weighted by Crippen LogP contribution is 2.51. The number of ether oxygens (including phenoxy) is 1. The molecule has 1 amide bonds. The zero-order valence-electron chi connectivity index (χ0n) is 18.7. The molecular weight excluding hydrogens is 426 g/mol. The molecule has 32 heavy (non-hydrogen) atoms. The predicted octanol–water partition coefficient (Wildman–Crippen LogP) is 3.82. The Hall–Kier alpha value is -3.00. The number of hydrogen-bond donors (Lipinski definition) is 1. The quantitative estimate of drug-likeness (QED) is 0.584. The van der Waals surface area contributed by atoms with Crippen molar-refractivity contribution in [1.29, 1.82) is 0 Å². The first-order valence-electron chi connectivity index (χ1n) is 10.8. The highest BCUT2D eigenvalue weighted by Gasteiger charge is 2.55. The molecule has 2 aromatic heterocycles. The van der Waals surface area contributed by atoms with Gasteiger partial charge in [0.2, 0.25) is 5.91 Å². The van der Waals surface area contributed by atoms with Gasteiger partial charge in [-0.1, -0.05) is 13.0 Å². The Balaban J connectivity index is 1.70. The van der Waals surface area contributed by atoms with Crippen LogP contribution in [0.1, 0.15) is 50.7 Å². The lowest BCUT2D eigenvalue weighted by atomic mass is 9.99. The molecule has 8 heteroatoms. The zero-order valence-corrected chi connectivity index (χ0v) is 19.5. The fourth-order valence-electron chi connectivity index (χ4n) is 3.81. The van der Waals surface area contributed by atoms with Gasteiger partial charge < -0.3 is 4.74 Å². The van der Waals surface area contributed by atoms with Crippen LogP contribution in [0.15, 0.2) is 47.4 Å². The summed E-state index contributed by atoms with van der Waals surface area (Å²) in [6.45, 7) is 7.62. The van der Waals surface area contributed by atoms with Crippen LogP contribution in [0.25, 0.3) is 10.9 Å². The van der Waals surface area contributed by atoms with Gasteiger partial charge in [0.15, 0.2) is 0 Å². The van der Waals surface area contributed by atoms with Crippen LogP contribution in [-0.2, 0) is 26.7 Å². The van der Waals surface area contributed by atoms with Crippen molar-refractivity contribution in [3.8, 4) is 5.75 Å². The van der Waals surface area contributed by atoms with E-state index in [1.165, 1.54) is 6.07 Å². The third-order valence-electron chi connectivity index (χ3n) is 5.63. The Labute approximate surface area is 188 Å². The van der Waals surface area contributed by atoms with Crippen molar-refractivity contribution in [3.05, 3.63) is 59.5 Å². The van der Waals surface area contributed by atoms with Crippen molar-refractivity contribution in [3.63, 3.8) is 0 Å². The molecule has 0 bridgehead atoms. The first kappa shape index (κ1) is 22.2. The van der Waals surface area contributed by atoms with E-state index >= 15 is 0 Å². The number of sulfonamides is 1. The van der Waals surface area contributed by atoms with Gasteiger partial charge in [-0.05, 0) is 76.4 Å². The Morgan fingerprint density at radius 3 is 2.53 bits per heavy atom. The summed E-state index contributed by atoms with van der Waals surface area (Å²) in [6, 6.07) is 12.0. The minimum Gasteiger partial charge on any atom is -0.489 e. The predicted molar refractivity (Wildman–Crippen MR) is 122 cm³/mol. The zero-order chi connectivity index (χ0) is 23.1. The second kappa shape index (κ2) is 8.16. The standard InChI is InChI=1S/C24H27N3O4S/c1-5-17-10-12-20(31-15(2)3)22(26-17)24(13-14-24)23(28)27-32(29,30)21-8-6-7-19-18(21)11-9-16(4)25-19/h6-12,15H,5,13-14H2,1-4H3,(H,27,28).